The van der Waals surface area contributed by atoms with Crippen LogP contribution in [0, 0.1) is 5.41 Å². The summed E-state index contributed by atoms with van der Waals surface area (Å²) in [6, 6.07) is 6.11. The molecule has 148 valence electrons. The van der Waals surface area contributed by atoms with Crippen LogP contribution in [0.5, 0.6) is 0 Å². The Kier molecular flexibility index (Phi) is 5.16. The number of carbonyl (C=O) groups excluding carboxylic acids is 1. The van der Waals surface area contributed by atoms with Crippen molar-refractivity contribution in [2.24, 2.45) is 5.41 Å². The molecular formula is C21H27F2NO3. The molecule has 6 heteroatoms. The summed E-state index contributed by atoms with van der Waals surface area (Å²) in [7, 11) is 0. The number of alkyl halides is 2. The van der Waals surface area contributed by atoms with E-state index in [1.807, 2.05) is 0 Å². The number of amides is 1. The zero-order valence-electron chi connectivity index (χ0n) is 15.6. The van der Waals surface area contributed by atoms with E-state index >= 15 is 0 Å². The molecule has 0 aromatic heterocycles. The molecule has 1 saturated heterocycles. The van der Waals surface area contributed by atoms with Crippen LogP contribution < -0.4 is 4.90 Å². The highest BCUT2D eigenvalue weighted by molar-refractivity contribution is 6.00. The number of aliphatic hydroxyl groups is 2. The van der Waals surface area contributed by atoms with Gasteiger partial charge in [0.2, 0.25) is 5.91 Å². The van der Waals surface area contributed by atoms with Crippen molar-refractivity contribution in [3.05, 3.63) is 42.5 Å². The van der Waals surface area contributed by atoms with Gasteiger partial charge in [-0.2, -0.15) is 0 Å². The molecule has 1 aromatic rings. The minimum absolute atomic E-state index is 0.0391. The molecule has 1 unspecified atom stereocenters. The second kappa shape index (κ2) is 6.99. The van der Waals surface area contributed by atoms with Gasteiger partial charge < -0.3 is 15.1 Å². The summed E-state index contributed by atoms with van der Waals surface area (Å²) >= 11 is 0. The van der Waals surface area contributed by atoms with Crippen LogP contribution in [-0.4, -0.2) is 34.2 Å². The second-order valence-corrected chi connectivity index (χ2v) is 8.15. The van der Waals surface area contributed by atoms with E-state index in [2.05, 4.69) is 6.58 Å². The molecule has 2 aliphatic rings. The molecule has 3 rings (SSSR count). The number of aliphatic hydroxyl groups excluding tert-OH is 1. The summed E-state index contributed by atoms with van der Waals surface area (Å²) in [5.74, 6) is -3.18. The number of hydrogen-bond acceptors (Lipinski definition) is 3. The summed E-state index contributed by atoms with van der Waals surface area (Å²) < 4.78 is 26.6. The van der Waals surface area contributed by atoms with Crippen LogP contribution in [0.25, 0.3) is 0 Å². The van der Waals surface area contributed by atoms with Gasteiger partial charge in [-0.25, -0.2) is 8.78 Å². The quantitative estimate of drug-likeness (QED) is 0.761. The lowest BCUT2D eigenvalue weighted by Gasteiger charge is -2.40. The van der Waals surface area contributed by atoms with E-state index in [1.165, 1.54) is 12.1 Å². The second-order valence-electron chi connectivity index (χ2n) is 8.15. The van der Waals surface area contributed by atoms with Crippen LogP contribution in [0.15, 0.2) is 36.9 Å². The molecule has 1 spiro atoms. The minimum atomic E-state index is -3.22. The molecule has 2 N–H and O–H groups in total. The van der Waals surface area contributed by atoms with Gasteiger partial charge >= 0.3 is 0 Å². The Hall–Kier alpha value is -1.79. The van der Waals surface area contributed by atoms with Gasteiger partial charge in [0.15, 0.2) is 0 Å². The standard InChI is InChI=1S/C21H27F2NO3/c1-3-8-21(27)11-9-20(10-12-21)13-14-24(18(20)26)16-6-4-15(5-7-16)17(25)19(2,22)23/h3-7,17,25,27H,1,8-14H2,2H3/t17?,20-,21+. The number of halogens is 2. The Balaban J connectivity index is 1.71. The van der Waals surface area contributed by atoms with E-state index in [1.54, 1.807) is 23.1 Å². The van der Waals surface area contributed by atoms with Crippen LogP contribution in [0.1, 0.15) is 57.1 Å². The molecular weight excluding hydrogens is 352 g/mol. The van der Waals surface area contributed by atoms with Gasteiger partial charge in [0, 0.05) is 19.2 Å². The highest BCUT2D eigenvalue weighted by atomic mass is 19.3. The number of benzene rings is 1. The van der Waals surface area contributed by atoms with Gasteiger partial charge in [-0.05, 0) is 56.2 Å². The lowest BCUT2D eigenvalue weighted by Crippen LogP contribution is -2.43. The van der Waals surface area contributed by atoms with Gasteiger partial charge in [0.25, 0.3) is 5.92 Å². The fourth-order valence-corrected chi connectivity index (χ4v) is 4.33. The molecule has 1 aromatic carbocycles. The number of nitrogens with zero attached hydrogens (tertiary/aromatic N) is 1. The Morgan fingerprint density at radius 3 is 2.33 bits per heavy atom. The Labute approximate surface area is 158 Å². The van der Waals surface area contributed by atoms with E-state index in [0.717, 1.165) is 6.42 Å². The van der Waals surface area contributed by atoms with Crippen LogP contribution in [0.4, 0.5) is 14.5 Å². The predicted molar refractivity (Wildman–Crippen MR) is 99.7 cm³/mol. The van der Waals surface area contributed by atoms with Crippen LogP contribution in [0.2, 0.25) is 0 Å². The van der Waals surface area contributed by atoms with Gasteiger partial charge in [0.1, 0.15) is 6.10 Å². The largest absolute Gasteiger partial charge is 0.390 e. The molecule has 1 amide bonds. The first-order valence-electron chi connectivity index (χ1n) is 9.41. The first kappa shape index (κ1) is 20.0. The summed E-state index contributed by atoms with van der Waals surface area (Å²) in [4.78, 5) is 14.8. The highest BCUT2D eigenvalue weighted by Gasteiger charge is 2.51. The van der Waals surface area contributed by atoms with E-state index in [4.69, 9.17) is 0 Å². The molecule has 4 nitrogen and oxygen atoms in total. The average Bonchev–Trinajstić information content (AvgIpc) is 2.94. The highest BCUT2D eigenvalue weighted by Crippen LogP contribution is 2.49. The van der Waals surface area contributed by atoms with Crippen molar-refractivity contribution >= 4 is 11.6 Å². The van der Waals surface area contributed by atoms with Crippen LogP contribution in [-0.2, 0) is 4.79 Å². The van der Waals surface area contributed by atoms with Crippen molar-refractivity contribution in [2.45, 2.75) is 63.1 Å². The van der Waals surface area contributed by atoms with Crippen LogP contribution >= 0.6 is 0 Å². The zero-order chi connectivity index (χ0) is 19.9. The predicted octanol–water partition coefficient (Wildman–Crippen LogP) is 3.98. The zero-order valence-corrected chi connectivity index (χ0v) is 15.6. The van der Waals surface area contributed by atoms with Crippen molar-refractivity contribution in [2.75, 3.05) is 11.4 Å². The first-order valence-corrected chi connectivity index (χ1v) is 9.41. The SMILES string of the molecule is C=CC[C@]1(O)CC[C@]2(CCN(c3ccc(C(O)C(C)(F)F)cc3)C2=O)CC1. The molecule has 0 radical (unpaired) electrons. The lowest BCUT2D eigenvalue weighted by atomic mass is 9.67. The molecule has 1 aliphatic carbocycles. The molecule has 27 heavy (non-hydrogen) atoms. The third-order valence-corrected chi connectivity index (χ3v) is 6.18. The Morgan fingerprint density at radius 1 is 1.22 bits per heavy atom. The van der Waals surface area contributed by atoms with Gasteiger partial charge in [-0.15, -0.1) is 6.58 Å². The van der Waals surface area contributed by atoms with Gasteiger partial charge in [0.05, 0.1) is 11.0 Å². The fourth-order valence-electron chi connectivity index (χ4n) is 4.33. The normalized spacial score (nSPS) is 30.0. The van der Waals surface area contributed by atoms with Crippen molar-refractivity contribution in [1.82, 2.24) is 0 Å². The molecule has 2 fully saturated rings. The monoisotopic (exact) mass is 379 g/mol. The number of anilines is 1. The third-order valence-electron chi connectivity index (χ3n) is 6.18. The molecule has 1 heterocycles. The maximum absolute atomic E-state index is 13.3. The first-order chi connectivity index (χ1) is 12.6. The van der Waals surface area contributed by atoms with E-state index in [-0.39, 0.29) is 11.5 Å². The van der Waals surface area contributed by atoms with Crippen molar-refractivity contribution in [3.63, 3.8) is 0 Å². The summed E-state index contributed by atoms with van der Waals surface area (Å²) in [6.07, 6.45) is 3.56. The molecule has 0 bridgehead atoms. The lowest BCUT2D eigenvalue weighted by molar-refractivity contribution is -0.130. The molecule has 1 atom stereocenters. The molecule has 1 saturated carbocycles. The maximum Gasteiger partial charge on any atom is 0.274 e. The van der Waals surface area contributed by atoms with Crippen molar-refractivity contribution in [3.8, 4) is 0 Å². The average molecular weight is 379 g/mol. The number of rotatable bonds is 5. The smallest absolute Gasteiger partial charge is 0.274 e. The van der Waals surface area contributed by atoms with Crippen LogP contribution in [0.3, 0.4) is 0 Å². The third kappa shape index (κ3) is 3.78. The number of carbonyl (C=O) groups is 1. The minimum Gasteiger partial charge on any atom is -0.390 e. The van der Waals surface area contributed by atoms with E-state index in [9.17, 15) is 23.8 Å². The van der Waals surface area contributed by atoms with E-state index < -0.39 is 23.0 Å². The topological polar surface area (TPSA) is 60.8 Å². The maximum atomic E-state index is 13.3. The van der Waals surface area contributed by atoms with Gasteiger partial charge in [-0.3, -0.25) is 4.79 Å². The van der Waals surface area contributed by atoms with E-state index in [0.29, 0.717) is 51.3 Å². The summed E-state index contributed by atoms with van der Waals surface area (Å²) in [5.41, 5.74) is -0.426. The van der Waals surface area contributed by atoms with Crippen molar-refractivity contribution < 1.29 is 23.8 Å². The number of hydrogen-bond donors (Lipinski definition) is 2. The van der Waals surface area contributed by atoms with Gasteiger partial charge in [-0.1, -0.05) is 18.2 Å². The molecule has 1 aliphatic heterocycles. The van der Waals surface area contributed by atoms with Crippen molar-refractivity contribution in [1.29, 1.82) is 0 Å². The summed E-state index contributed by atoms with van der Waals surface area (Å²) in [5, 5.41) is 20.2. The summed E-state index contributed by atoms with van der Waals surface area (Å²) in [6.45, 7) is 4.94. The Morgan fingerprint density at radius 2 is 1.81 bits per heavy atom. The Bertz CT molecular complexity index is 703. The fraction of sp³-hybridized carbons (Fsp3) is 0.571.